The van der Waals surface area contributed by atoms with Gasteiger partial charge in [0.05, 0.1) is 7.11 Å². The van der Waals surface area contributed by atoms with Crippen molar-refractivity contribution in [3.8, 4) is 17.2 Å². The van der Waals surface area contributed by atoms with E-state index < -0.39 is 5.82 Å². The molecule has 0 aliphatic rings. The fourth-order valence-electron chi connectivity index (χ4n) is 2.64. The van der Waals surface area contributed by atoms with Gasteiger partial charge in [0.2, 0.25) is 0 Å². The number of nitrogens with one attached hydrogen (secondary N) is 1. The zero-order chi connectivity index (χ0) is 20.5. The van der Waals surface area contributed by atoms with Crippen molar-refractivity contribution in [1.29, 1.82) is 0 Å². The van der Waals surface area contributed by atoms with Crippen LogP contribution in [0.3, 0.4) is 0 Å². The molecule has 3 aromatic carbocycles. The van der Waals surface area contributed by atoms with Crippen LogP contribution in [0.25, 0.3) is 0 Å². The van der Waals surface area contributed by atoms with Gasteiger partial charge in [0, 0.05) is 6.54 Å². The molecule has 0 atom stereocenters. The second-order valence-corrected chi connectivity index (χ2v) is 6.26. The van der Waals surface area contributed by atoms with E-state index >= 15 is 0 Å². The van der Waals surface area contributed by atoms with Crippen LogP contribution in [0.1, 0.15) is 11.1 Å². The number of hydrogen-bond donors (Lipinski definition) is 1. The monoisotopic (exact) mass is 395 g/mol. The molecule has 0 aliphatic heterocycles. The van der Waals surface area contributed by atoms with Crippen molar-refractivity contribution in [2.75, 3.05) is 13.7 Å². The van der Waals surface area contributed by atoms with Crippen molar-refractivity contribution in [3.63, 3.8) is 0 Å². The molecular weight excluding hydrogens is 373 g/mol. The molecule has 150 valence electrons. The SMILES string of the molecule is COc1ccc(CNC(=O)COc2ccccc2OCc2ccccc2)cc1F. The molecule has 0 aliphatic carbocycles. The molecule has 0 radical (unpaired) electrons. The Kier molecular flexibility index (Phi) is 7.05. The largest absolute Gasteiger partial charge is 0.494 e. The predicted molar refractivity (Wildman–Crippen MR) is 108 cm³/mol. The van der Waals surface area contributed by atoms with Gasteiger partial charge in [-0.25, -0.2) is 4.39 Å². The summed E-state index contributed by atoms with van der Waals surface area (Å²) in [5.74, 6) is 0.407. The lowest BCUT2D eigenvalue weighted by Gasteiger charge is -2.13. The van der Waals surface area contributed by atoms with Crippen LogP contribution in [-0.4, -0.2) is 19.6 Å². The molecule has 3 aromatic rings. The Morgan fingerprint density at radius 1 is 0.862 bits per heavy atom. The first-order valence-corrected chi connectivity index (χ1v) is 9.13. The molecule has 0 fully saturated rings. The van der Waals surface area contributed by atoms with Gasteiger partial charge in [-0.05, 0) is 35.4 Å². The molecule has 3 rings (SSSR count). The number of halogens is 1. The Hall–Kier alpha value is -3.54. The summed E-state index contributed by atoms with van der Waals surface area (Å²) in [5.41, 5.74) is 1.66. The van der Waals surface area contributed by atoms with Gasteiger partial charge in [0.25, 0.3) is 5.91 Å². The minimum Gasteiger partial charge on any atom is -0.494 e. The Bertz CT molecular complexity index is 947. The average molecular weight is 395 g/mol. The molecule has 1 N–H and O–H groups in total. The number of methoxy groups -OCH3 is 1. The van der Waals surface area contributed by atoms with Crippen LogP contribution in [0.15, 0.2) is 72.8 Å². The van der Waals surface area contributed by atoms with Crippen molar-refractivity contribution in [2.24, 2.45) is 0 Å². The highest BCUT2D eigenvalue weighted by Gasteiger charge is 2.09. The molecule has 29 heavy (non-hydrogen) atoms. The molecule has 0 unspecified atom stereocenters. The van der Waals surface area contributed by atoms with Crippen LogP contribution >= 0.6 is 0 Å². The van der Waals surface area contributed by atoms with Crippen LogP contribution in [0.4, 0.5) is 4.39 Å². The maximum atomic E-state index is 13.7. The van der Waals surface area contributed by atoms with E-state index in [0.717, 1.165) is 5.56 Å². The second kappa shape index (κ2) is 10.1. The Morgan fingerprint density at radius 3 is 2.24 bits per heavy atom. The van der Waals surface area contributed by atoms with Crippen LogP contribution < -0.4 is 19.5 Å². The molecule has 0 aromatic heterocycles. The zero-order valence-corrected chi connectivity index (χ0v) is 16.1. The summed E-state index contributed by atoms with van der Waals surface area (Å²) in [5, 5.41) is 2.70. The number of benzene rings is 3. The lowest BCUT2D eigenvalue weighted by atomic mass is 10.2. The summed E-state index contributed by atoms with van der Waals surface area (Å²) in [4.78, 5) is 12.1. The van der Waals surface area contributed by atoms with E-state index in [1.165, 1.54) is 19.2 Å². The minimum absolute atomic E-state index is 0.163. The van der Waals surface area contributed by atoms with Crippen LogP contribution in [0.2, 0.25) is 0 Å². The number of para-hydroxylation sites is 2. The fraction of sp³-hybridized carbons (Fsp3) is 0.174. The number of carbonyl (C=O) groups is 1. The van der Waals surface area contributed by atoms with E-state index in [2.05, 4.69) is 5.32 Å². The van der Waals surface area contributed by atoms with Crippen molar-refractivity contribution in [2.45, 2.75) is 13.2 Å². The Labute approximate surface area is 169 Å². The fourth-order valence-corrected chi connectivity index (χ4v) is 2.64. The number of ether oxygens (including phenoxy) is 3. The van der Waals surface area contributed by atoms with Gasteiger partial charge in [0.1, 0.15) is 6.61 Å². The van der Waals surface area contributed by atoms with E-state index in [0.29, 0.717) is 23.7 Å². The third-order valence-electron chi connectivity index (χ3n) is 4.15. The lowest BCUT2D eigenvalue weighted by molar-refractivity contribution is -0.123. The molecule has 1 amide bonds. The normalized spacial score (nSPS) is 10.3. The highest BCUT2D eigenvalue weighted by atomic mass is 19.1. The van der Waals surface area contributed by atoms with E-state index in [4.69, 9.17) is 14.2 Å². The van der Waals surface area contributed by atoms with E-state index in [9.17, 15) is 9.18 Å². The Balaban J connectivity index is 1.50. The van der Waals surface area contributed by atoms with E-state index in [1.54, 1.807) is 18.2 Å². The number of carbonyl (C=O) groups excluding carboxylic acids is 1. The maximum absolute atomic E-state index is 13.7. The van der Waals surface area contributed by atoms with Gasteiger partial charge in [-0.1, -0.05) is 48.5 Å². The third kappa shape index (κ3) is 5.97. The average Bonchev–Trinajstić information content (AvgIpc) is 2.76. The topological polar surface area (TPSA) is 56.8 Å². The molecule has 0 spiro atoms. The number of amides is 1. The van der Waals surface area contributed by atoms with Gasteiger partial charge < -0.3 is 19.5 Å². The lowest BCUT2D eigenvalue weighted by Crippen LogP contribution is -2.28. The molecule has 5 nitrogen and oxygen atoms in total. The molecular formula is C23H22FNO4. The second-order valence-electron chi connectivity index (χ2n) is 6.26. The predicted octanol–water partition coefficient (Wildman–Crippen LogP) is 4.11. The van der Waals surface area contributed by atoms with Gasteiger partial charge >= 0.3 is 0 Å². The van der Waals surface area contributed by atoms with Crippen LogP contribution in [-0.2, 0) is 17.9 Å². The molecule has 0 saturated heterocycles. The van der Waals surface area contributed by atoms with Crippen LogP contribution in [0.5, 0.6) is 17.2 Å². The minimum atomic E-state index is -0.472. The zero-order valence-electron chi connectivity index (χ0n) is 16.1. The number of hydrogen-bond acceptors (Lipinski definition) is 4. The summed E-state index contributed by atoms with van der Waals surface area (Å²) in [6, 6.07) is 21.5. The smallest absolute Gasteiger partial charge is 0.258 e. The summed E-state index contributed by atoms with van der Waals surface area (Å²) >= 11 is 0. The first-order chi connectivity index (χ1) is 14.2. The van der Waals surface area contributed by atoms with Gasteiger partial charge in [-0.15, -0.1) is 0 Å². The Morgan fingerprint density at radius 2 is 1.55 bits per heavy atom. The number of rotatable bonds is 9. The van der Waals surface area contributed by atoms with Gasteiger partial charge in [-0.3, -0.25) is 4.79 Å². The van der Waals surface area contributed by atoms with Crippen LogP contribution in [0, 0.1) is 5.82 Å². The molecule has 0 saturated carbocycles. The standard InChI is InChI=1S/C23H22FNO4/c1-27-20-12-11-18(13-19(20)24)14-25-23(26)16-29-22-10-6-5-9-21(22)28-15-17-7-3-2-4-8-17/h2-13H,14-16H2,1H3,(H,25,26). The highest BCUT2D eigenvalue weighted by molar-refractivity contribution is 5.77. The van der Waals surface area contributed by atoms with Gasteiger partial charge in [0.15, 0.2) is 29.7 Å². The molecule has 0 bridgehead atoms. The summed E-state index contributed by atoms with van der Waals surface area (Å²) in [6.45, 7) is 0.413. The van der Waals surface area contributed by atoms with E-state index in [-0.39, 0.29) is 24.8 Å². The molecule has 0 heterocycles. The van der Waals surface area contributed by atoms with Crippen molar-refractivity contribution >= 4 is 5.91 Å². The summed E-state index contributed by atoms with van der Waals surface area (Å²) < 4.78 is 30.0. The summed E-state index contributed by atoms with van der Waals surface area (Å²) in [6.07, 6.45) is 0. The summed E-state index contributed by atoms with van der Waals surface area (Å²) in [7, 11) is 1.40. The quantitative estimate of drug-likeness (QED) is 0.593. The molecule has 6 heteroatoms. The highest BCUT2D eigenvalue weighted by Crippen LogP contribution is 2.27. The maximum Gasteiger partial charge on any atom is 0.258 e. The first kappa shape index (κ1) is 20.2. The van der Waals surface area contributed by atoms with E-state index in [1.807, 2.05) is 42.5 Å². The van der Waals surface area contributed by atoms with Crippen molar-refractivity contribution in [1.82, 2.24) is 5.32 Å². The van der Waals surface area contributed by atoms with Gasteiger partial charge in [-0.2, -0.15) is 0 Å². The van der Waals surface area contributed by atoms with Crippen molar-refractivity contribution in [3.05, 3.63) is 89.7 Å². The van der Waals surface area contributed by atoms with Crippen molar-refractivity contribution < 1.29 is 23.4 Å². The first-order valence-electron chi connectivity index (χ1n) is 9.13. The third-order valence-corrected chi connectivity index (χ3v) is 4.15.